The van der Waals surface area contributed by atoms with Gasteiger partial charge in [-0.2, -0.15) is 0 Å². The molecule has 0 radical (unpaired) electrons. The molecular formula is C26H36N2O6. The second-order valence-corrected chi connectivity index (χ2v) is 8.56. The molecular weight excluding hydrogens is 436 g/mol. The molecule has 1 aliphatic rings. The Hall–Kier alpha value is -2.97. The maximum absolute atomic E-state index is 13.0. The number of nitrogens with one attached hydrogen (secondary N) is 1. The molecule has 34 heavy (non-hydrogen) atoms. The minimum atomic E-state index is -0.174. The Kier molecular flexibility index (Phi) is 9.42. The summed E-state index contributed by atoms with van der Waals surface area (Å²) < 4.78 is 27.7. The molecule has 8 heteroatoms. The maximum atomic E-state index is 13.0. The smallest absolute Gasteiger partial charge is 0.251 e. The molecule has 1 atom stereocenters. The third kappa shape index (κ3) is 6.55. The van der Waals surface area contributed by atoms with Gasteiger partial charge in [0.15, 0.2) is 23.0 Å². The average molecular weight is 473 g/mol. The number of nitrogens with zero attached hydrogens (tertiary/aromatic N) is 1. The first-order chi connectivity index (χ1) is 16.5. The third-order valence-electron chi connectivity index (χ3n) is 5.73. The van der Waals surface area contributed by atoms with Gasteiger partial charge in [-0.05, 0) is 41.8 Å². The summed E-state index contributed by atoms with van der Waals surface area (Å²) in [4.78, 5) is 15.4. The van der Waals surface area contributed by atoms with Crippen LogP contribution in [-0.2, 0) is 4.74 Å². The monoisotopic (exact) mass is 472 g/mol. The molecule has 1 fully saturated rings. The quantitative estimate of drug-likeness (QED) is 0.536. The zero-order valence-corrected chi connectivity index (χ0v) is 20.8. The highest BCUT2D eigenvalue weighted by Crippen LogP contribution is 2.32. The van der Waals surface area contributed by atoms with Crippen molar-refractivity contribution in [3.05, 3.63) is 47.5 Å². The number of rotatable bonds is 11. The van der Waals surface area contributed by atoms with E-state index in [1.807, 2.05) is 18.2 Å². The van der Waals surface area contributed by atoms with Crippen molar-refractivity contribution in [2.75, 3.05) is 60.8 Å². The fourth-order valence-corrected chi connectivity index (χ4v) is 3.88. The molecule has 1 saturated heterocycles. The molecule has 0 bridgehead atoms. The molecule has 0 aromatic heterocycles. The average Bonchev–Trinajstić information content (AvgIpc) is 2.87. The van der Waals surface area contributed by atoms with Gasteiger partial charge in [0.05, 0.1) is 47.2 Å². The number of carbonyl (C=O) groups is 1. The van der Waals surface area contributed by atoms with Crippen molar-refractivity contribution in [3.8, 4) is 23.0 Å². The number of morpholine rings is 1. The fraction of sp³-hybridized carbons (Fsp3) is 0.500. The zero-order chi connectivity index (χ0) is 24.5. The van der Waals surface area contributed by atoms with E-state index in [9.17, 15) is 4.79 Å². The predicted octanol–water partition coefficient (Wildman–Crippen LogP) is 3.55. The lowest BCUT2D eigenvalue weighted by Gasteiger charge is -2.35. The van der Waals surface area contributed by atoms with Crippen LogP contribution in [0.5, 0.6) is 23.0 Å². The van der Waals surface area contributed by atoms with Gasteiger partial charge in [0.2, 0.25) is 0 Å². The van der Waals surface area contributed by atoms with E-state index in [1.165, 1.54) is 0 Å². The SMILES string of the molecule is COc1ccc(C(CNC(=O)c2ccc(OCC(C)C)c(OC)c2)N2CCOCC2)cc1OC. The van der Waals surface area contributed by atoms with Gasteiger partial charge in [0.1, 0.15) is 0 Å². The molecule has 0 saturated carbocycles. The van der Waals surface area contributed by atoms with E-state index in [1.54, 1.807) is 39.5 Å². The number of hydrogen-bond donors (Lipinski definition) is 1. The number of hydrogen-bond acceptors (Lipinski definition) is 7. The topological polar surface area (TPSA) is 78.5 Å². The summed E-state index contributed by atoms with van der Waals surface area (Å²) in [6, 6.07) is 11.1. The van der Waals surface area contributed by atoms with Crippen LogP contribution in [-0.4, -0.2) is 71.6 Å². The molecule has 8 nitrogen and oxygen atoms in total. The maximum Gasteiger partial charge on any atom is 0.251 e. The summed E-state index contributed by atoms with van der Waals surface area (Å²) in [5.74, 6) is 2.71. The zero-order valence-electron chi connectivity index (χ0n) is 20.8. The van der Waals surface area contributed by atoms with Crippen molar-refractivity contribution >= 4 is 5.91 Å². The van der Waals surface area contributed by atoms with Crippen LogP contribution in [0, 0.1) is 5.92 Å². The number of carbonyl (C=O) groups excluding carboxylic acids is 1. The molecule has 2 aromatic rings. The lowest BCUT2D eigenvalue weighted by Crippen LogP contribution is -2.43. The van der Waals surface area contributed by atoms with Gasteiger partial charge in [-0.15, -0.1) is 0 Å². The van der Waals surface area contributed by atoms with E-state index >= 15 is 0 Å². The number of methoxy groups -OCH3 is 3. The van der Waals surface area contributed by atoms with E-state index in [0.29, 0.717) is 60.8 Å². The van der Waals surface area contributed by atoms with Gasteiger partial charge in [-0.25, -0.2) is 0 Å². The Bertz CT molecular complexity index is 943. The first-order valence-electron chi connectivity index (χ1n) is 11.6. The number of benzene rings is 2. The first kappa shape index (κ1) is 25.6. The summed E-state index contributed by atoms with van der Waals surface area (Å²) >= 11 is 0. The van der Waals surface area contributed by atoms with Crippen molar-refractivity contribution in [1.82, 2.24) is 10.2 Å². The molecule has 0 aliphatic carbocycles. The normalized spacial score (nSPS) is 15.0. The number of ether oxygens (including phenoxy) is 5. The largest absolute Gasteiger partial charge is 0.493 e. The van der Waals surface area contributed by atoms with Crippen molar-refractivity contribution in [1.29, 1.82) is 0 Å². The molecule has 3 rings (SSSR count). The minimum Gasteiger partial charge on any atom is -0.493 e. The van der Waals surface area contributed by atoms with Crippen molar-refractivity contribution in [3.63, 3.8) is 0 Å². The van der Waals surface area contributed by atoms with Crippen LogP contribution in [0.4, 0.5) is 0 Å². The Balaban J connectivity index is 1.76. The van der Waals surface area contributed by atoms with Gasteiger partial charge in [-0.3, -0.25) is 9.69 Å². The Morgan fingerprint density at radius 1 is 0.941 bits per heavy atom. The minimum absolute atomic E-state index is 0.0387. The van der Waals surface area contributed by atoms with Crippen molar-refractivity contribution in [2.24, 2.45) is 5.92 Å². The fourth-order valence-electron chi connectivity index (χ4n) is 3.88. The van der Waals surface area contributed by atoms with E-state index in [2.05, 4.69) is 24.1 Å². The lowest BCUT2D eigenvalue weighted by atomic mass is 10.0. The Morgan fingerprint density at radius 3 is 2.24 bits per heavy atom. The molecule has 1 unspecified atom stereocenters. The van der Waals surface area contributed by atoms with E-state index in [-0.39, 0.29) is 11.9 Å². The van der Waals surface area contributed by atoms with Crippen LogP contribution in [0.2, 0.25) is 0 Å². The molecule has 1 amide bonds. The molecule has 2 aromatic carbocycles. The van der Waals surface area contributed by atoms with Crippen LogP contribution < -0.4 is 24.3 Å². The van der Waals surface area contributed by atoms with Gasteiger partial charge >= 0.3 is 0 Å². The van der Waals surface area contributed by atoms with Gasteiger partial charge in [0, 0.05) is 25.2 Å². The summed E-state index contributed by atoms with van der Waals surface area (Å²) in [7, 11) is 4.81. The van der Waals surface area contributed by atoms with Crippen LogP contribution in [0.3, 0.4) is 0 Å². The van der Waals surface area contributed by atoms with Crippen LogP contribution in [0.25, 0.3) is 0 Å². The molecule has 0 spiro atoms. The van der Waals surface area contributed by atoms with Crippen molar-refractivity contribution in [2.45, 2.75) is 19.9 Å². The second kappa shape index (κ2) is 12.5. The van der Waals surface area contributed by atoms with E-state index in [0.717, 1.165) is 18.7 Å². The Morgan fingerprint density at radius 2 is 1.59 bits per heavy atom. The van der Waals surface area contributed by atoms with Crippen LogP contribution >= 0.6 is 0 Å². The van der Waals surface area contributed by atoms with Gasteiger partial charge in [0.25, 0.3) is 5.91 Å². The number of amides is 1. The lowest BCUT2D eigenvalue weighted by molar-refractivity contribution is 0.0162. The predicted molar refractivity (Wildman–Crippen MR) is 130 cm³/mol. The highest BCUT2D eigenvalue weighted by Gasteiger charge is 2.25. The van der Waals surface area contributed by atoms with E-state index < -0.39 is 0 Å². The summed E-state index contributed by atoms with van der Waals surface area (Å²) in [5.41, 5.74) is 1.55. The first-order valence-corrected chi connectivity index (χ1v) is 11.6. The highest BCUT2D eigenvalue weighted by molar-refractivity contribution is 5.94. The third-order valence-corrected chi connectivity index (χ3v) is 5.73. The molecule has 1 N–H and O–H groups in total. The Labute approximate surface area is 202 Å². The van der Waals surface area contributed by atoms with E-state index in [4.69, 9.17) is 23.7 Å². The second-order valence-electron chi connectivity index (χ2n) is 8.56. The van der Waals surface area contributed by atoms with Crippen LogP contribution in [0.1, 0.15) is 35.8 Å². The van der Waals surface area contributed by atoms with Gasteiger partial charge in [-0.1, -0.05) is 19.9 Å². The summed E-state index contributed by atoms with van der Waals surface area (Å²) in [6.07, 6.45) is 0. The molecule has 1 heterocycles. The summed E-state index contributed by atoms with van der Waals surface area (Å²) in [6.45, 7) is 8.06. The van der Waals surface area contributed by atoms with Crippen LogP contribution in [0.15, 0.2) is 36.4 Å². The van der Waals surface area contributed by atoms with Crippen molar-refractivity contribution < 1.29 is 28.5 Å². The summed E-state index contributed by atoms with van der Waals surface area (Å²) in [5, 5.41) is 3.09. The van der Waals surface area contributed by atoms with Gasteiger partial charge < -0.3 is 29.0 Å². The highest BCUT2D eigenvalue weighted by atomic mass is 16.5. The molecule has 1 aliphatic heterocycles. The standard InChI is InChI=1S/C26H36N2O6/c1-18(2)17-34-23-9-7-20(15-25(23)32-5)26(29)27-16-21(28-10-12-33-13-11-28)19-6-8-22(30-3)24(14-19)31-4/h6-9,14-15,18,21H,10-13,16-17H2,1-5H3,(H,27,29). The molecule has 186 valence electrons.